The summed E-state index contributed by atoms with van der Waals surface area (Å²) in [5, 5.41) is 87.3. The molecule has 9 N–H and O–H groups in total. The third kappa shape index (κ3) is 9.00. The highest BCUT2D eigenvalue weighted by Gasteiger charge is 2.50. The number of nitro groups is 1. The highest BCUT2D eigenvalue weighted by molar-refractivity contribution is 7.92. The highest BCUT2D eigenvalue weighted by Crippen LogP contribution is 2.34. The van der Waals surface area contributed by atoms with E-state index >= 15 is 0 Å². The largest absolute Gasteiger partial charge is 0.455 e. The second-order valence-corrected chi connectivity index (χ2v) is 11.5. The quantitative estimate of drug-likeness (QED) is 0.0990. The molecule has 2 heterocycles. The van der Waals surface area contributed by atoms with Gasteiger partial charge in [-0.2, -0.15) is 0 Å². The summed E-state index contributed by atoms with van der Waals surface area (Å²) in [5.74, 6) is 0.496. The minimum atomic E-state index is -3.52. The van der Waals surface area contributed by atoms with Crippen LogP contribution in [0.25, 0.3) is 0 Å². The zero-order valence-corrected chi connectivity index (χ0v) is 23.8. The maximum absolute atomic E-state index is 11.3. The molecule has 2 aromatic rings. The second kappa shape index (κ2) is 15.3. The van der Waals surface area contributed by atoms with Crippen molar-refractivity contribution in [3.63, 3.8) is 0 Å². The van der Waals surface area contributed by atoms with Gasteiger partial charge in [0.1, 0.15) is 54.6 Å². The summed E-state index contributed by atoms with van der Waals surface area (Å²) in [4.78, 5) is 10.2. The van der Waals surface area contributed by atoms with Crippen LogP contribution in [-0.4, -0.2) is 135 Å². The summed E-state index contributed by atoms with van der Waals surface area (Å²) >= 11 is 0. The van der Waals surface area contributed by atoms with Gasteiger partial charge in [-0.1, -0.05) is 18.2 Å². The number of nitrogens with one attached hydrogen (secondary N) is 1. The predicted molar refractivity (Wildman–Crippen MR) is 147 cm³/mol. The molecule has 2 saturated heterocycles. The van der Waals surface area contributed by atoms with Crippen LogP contribution in [0.4, 0.5) is 11.4 Å². The van der Waals surface area contributed by atoms with Crippen LogP contribution in [0.3, 0.4) is 0 Å². The molecule has 0 unspecified atom stereocenters. The summed E-state index contributed by atoms with van der Waals surface area (Å²) in [6.45, 7) is -1.35. The van der Waals surface area contributed by atoms with Gasteiger partial charge < -0.3 is 59.8 Å². The summed E-state index contributed by atoms with van der Waals surface area (Å²) in [7, 11) is -3.52. The van der Waals surface area contributed by atoms with Crippen LogP contribution < -0.4 is 9.46 Å². The van der Waals surface area contributed by atoms with E-state index in [9.17, 15) is 54.3 Å². The van der Waals surface area contributed by atoms with E-state index in [0.29, 0.717) is 5.75 Å². The minimum Gasteiger partial charge on any atom is -0.455 e. The number of sulfonamides is 1. The average Bonchev–Trinajstić information content (AvgIpc) is 2.98. The van der Waals surface area contributed by atoms with Crippen molar-refractivity contribution < 1.29 is 73.1 Å². The van der Waals surface area contributed by atoms with Crippen LogP contribution in [-0.2, 0) is 24.2 Å². The third-order valence-corrected chi connectivity index (χ3v) is 7.01. The zero-order chi connectivity index (χ0) is 32.8. The number of nitro benzene ring substituents is 1. The summed E-state index contributed by atoms with van der Waals surface area (Å²) < 4.78 is 45.7. The van der Waals surface area contributed by atoms with Gasteiger partial charge in [0.25, 0.3) is 5.69 Å². The molecule has 4 rings (SSSR count). The predicted octanol–water partition coefficient (Wildman–Crippen LogP) is -2.64. The van der Waals surface area contributed by atoms with Crippen molar-refractivity contribution in [3.8, 4) is 11.5 Å². The van der Waals surface area contributed by atoms with Gasteiger partial charge in [-0.3, -0.25) is 14.8 Å². The number of hydrogen-bond donors (Lipinski definition) is 9. The fourth-order valence-corrected chi connectivity index (χ4v) is 4.75. The first kappa shape index (κ1) is 35.4. The second-order valence-electron chi connectivity index (χ2n) is 9.75. The smallest absolute Gasteiger partial charge is 0.273 e. The van der Waals surface area contributed by atoms with Crippen molar-refractivity contribution in [3.05, 3.63) is 58.6 Å². The number of nitrogens with zero attached hydrogens (tertiary/aromatic N) is 1. The molecule has 0 saturated carbocycles. The number of benzene rings is 2. The number of non-ortho nitro benzene ring substituents is 1. The van der Waals surface area contributed by atoms with E-state index in [-0.39, 0.29) is 17.1 Å². The zero-order valence-electron chi connectivity index (χ0n) is 23.0. The maximum Gasteiger partial charge on any atom is 0.273 e. The number of para-hydroxylation sites is 1. The van der Waals surface area contributed by atoms with E-state index in [4.69, 9.17) is 24.1 Å². The standard InChI is InChI=1S/C13H12N2O5S.C12H22O11/c1-21(18,19)14-12-8-7-10(15(16)17)9-13(12)20-11-5-3-2-4-6-11;13-1-3-5(15)6(16)9(19)12(22-3)23-10-4(2-14)21-11(20)8(18)7(10)17/h2-9,14H,1H3;3-20H,1-2H2/t;3-,4-,5+,6+,7-,8-,9-,10-,11-,12+/m.1/s1. The lowest BCUT2D eigenvalue weighted by atomic mass is 9.97. The molecule has 0 bridgehead atoms. The molecule has 0 aliphatic carbocycles. The van der Waals surface area contributed by atoms with Crippen LogP contribution >= 0.6 is 0 Å². The molecule has 2 aliphatic rings. The van der Waals surface area contributed by atoms with Crippen molar-refractivity contribution in [2.75, 3.05) is 24.2 Å². The first-order chi connectivity index (χ1) is 20.7. The van der Waals surface area contributed by atoms with Crippen molar-refractivity contribution in [1.82, 2.24) is 0 Å². The van der Waals surface area contributed by atoms with E-state index in [1.54, 1.807) is 30.3 Å². The molecule has 18 nitrogen and oxygen atoms in total. The third-order valence-electron chi connectivity index (χ3n) is 6.42. The molecule has 246 valence electrons. The average molecular weight is 651 g/mol. The Bertz CT molecular complexity index is 1330. The van der Waals surface area contributed by atoms with E-state index in [1.165, 1.54) is 18.2 Å². The van der Waals surface area contributed by atoms with Crippen LogP contribution in [0.5, 0.6) is 11.5 Å². The fourth-order valence-electron chi connectivity index (χ4n) is 4.18. The van der Waals surface area contributed by atoms with Gasteiger partial charge in [-0.15, -0.1) is 0 Å². The maximum atomic E-state index is 11.3. The summed E-state index contributed by atoms with van der Waals surface area (Å²) in [6, 6.07) is 12.2. The van der Waals surface area contributed by atoms with Crippen LogP contribution in [0.1, 0.15) is 0 Å². The van der Waals surface area contributed by atoms with Gasteiger partial charge in [-0.25, -0.2) is 8.42 Å². The van der Waals surface area contributed by atoms with Crippen LogP contribution in [0.2, 0.25) is 0 Å². The van der Waals surface area contributed by atoms with Gasteiger partial charge in [0.2, 0.25) is 10.0 Å². The first-order valence-corrected chi connectivity index (χ1v) is 14.8. The molecule has 0 radical (unpaired) electrons. The Hall–Kier alpha value is -3.05. The normalized spacial score (nSPS) is 32.2. The molecule has 0 amide bonds. The first-order valence-electron chi connectivity index (χ1n) is 12.9. The monoisotopic (exact) mass is 650 g/mol. The molecule has 10 atom stereocenters. The molecule has 2 aliphatic heterocycles. The summed E-state index contributed by atoms with van der Waals surface area (Å²) in [5.41, 5.74) is -0.0630. The minimum absolute atomic E-state index is 0.0563. The Labute approximate surface area is 250 Å². The number of hydrogen-bond acceptors (Lipinski definition) is 16. The van der Waals surface area contributed by atoms with E-state index in [1.807, 2.05) is 0 Å². The van der Waals surface area contributed by atoms with Gasteiger partial charge in [0, 0.05) is 6.07 Å². The summed E-state index contributed by atoms with van der Waals surface area (Å²) in [6.07, 6.45) is -14.6. The number of anilines is 1. The van der Waals surface area contributed by atoms with E-state index in [2.05, 4.69) is 4.72 Å². The van der Waals surface area contributed by atoms with Crippen LogP contribution in [0.15, 0.2) is 48.5 Å². The Kier molecular flexibility index (Phi) is 12.3. The molecule has 2 aromatic carbocycles. The fraction of sp³-hybridized carbons (Fsp3) is 0.520. The topological polar surface area (TPSA) is 288 Å². The van der Waals surface area contributed by atoms with Crippen molar-refractivity contribution in [1.29, 1.82) is 0 Å². The lowest BCUT2D eigenvalue weighted by Gasteiger charge is -2.45. The number of ether oxygens (including phenoxy) is 4. The lowest BCUT2D eigenvalue weighted by Crippen LogP contribution is -2.64. The molecule has 2 fully saturated rings. The molecule has 0 spiro atoms. The lowest BCUT2D eigenvalue weighted by molar-refractivity contribution is -0.384. The van der Waals surface area contributed by atoms with Crippen molar-refractivity contribution in [2.24, 2.45) is 0 Å². The number of rotatable bonds is 9. The van der Waals surface area contributed by atoms with E-state index in [0.717, 1.165) is 6.26 Å². The molecule has 44 heavy (non-hydrogen) atoms. The highest BCUT2D eigenvalue weighted by atomic mass is 32.2. The van der Waals surface area contributed by atoms with Crippen LogP contribution in [0, 0.1) is 10.1 Å². The Morgan fingerprint density at radius 2 is 1.50 bits per heavy atom. The number of aliphatic hydroxyl groups excluding tert-OH is 8. The molecular formula is C25H34N2O16S. The SMILES string of the molecule is CS(=O)(=O)Nc1ccc([N+](=O)[O-])cc1Oc1ccccc1.OC[C@H]1O[C@@H](O[C@H]2[C@H](O)[C@@H](O)[C@H](O)O[C@@H]2CO)[C@H](O)[C@@H](O)[C@H]1O. The van der Waals surface area contributed by atoms with E-state index < -0.39 is 89.6 Å². The van der Waals surface area contributed by atoms with Crippen molar-refractivity contribution >= 4 is 21.4 Å². The van der Waals surface area contributed by atoms with Crippen molar-refractivity contribution in [2.45, 2.75) is 61.4 Å². The Balaban J connectivity index is 0.000000241. The van der Waals surface area contributed by atoms with Gasteiger partial charge in [0.15, 0.2) is 18.3 Å². The Morgan fingerprint density at radius 3 is 2.07 bits per heavy atom. The van der Waals surface area contributed by atoms with Gasteiger partial charge in [-0.05, 0) is 18.2 Å². The molecular weight excluding hydrogens is 616 g/mol. The number of aliphatic hydroxyl groups is 8. The van der Waals surface area contributed by atoms with Gasteiger partial charge in [0.05, 0.1) is 36.1 Å². The van der Waals surface area contributed by atoms with Gasteiger partial charge >= 0.3 is 0 Å². The molecule has 0 aromatic heterocycles. The molecule has 19 heteroatoms. The Morgan fingerprint density at radius 1 is 0.864 bits per heavy atom.